The first kappa shape index (κ1) is 83.6. The largest absolute Gasteiger partial charge is 0.309 e. The van der Waals surface area contributed by atoms with Gasteiger partial charge in [-0.05, 0) is 138 Å². The molecule has 0 unspecified atom stereocenters. The Morgan fingerprint density at radius 1 is 0.111 bits per heavy atom. The average Bonchev–Trinajstić information content (AvgIpc) is 1.55. The van der Waals surface area contributed by atoms with Crippen LogP contribution < -0.4 is 0 Å². The predicted octanol–water partition coefficient (Wildman–Crippen LogP) is 31.5. The van der Waals surface area contributed by atoms with Crippen LogP contribution in [-0.4, -0.2) is 72.3 Å². The second kappa shape index (κ2) is 35.3. The highest BCUT2D eigenvalue weighted by Gasteiger charge is 2.29. The minimum Gasteiger partial charge on any atom is -0.309 e. The van der Waals surface area contributed by atoms with Crippen molar-refractivity contribution >= 4 is 131 Å². The van der Waals surface area contributed by atoms with Gasteiger partial charge in [0.2, 0.25) is 17.8 Å². The highest BCUT2D eigenvalue weighted by Crippen LogP contribution is 2.48. The average molecular weight is 1840 g/mol. The van der Waals surface area contributed by atoms with Crippen LogP contribution in [0.1, 0.15) is 0 Å². The van der Waals surface area contributed by atoms with E-state index in [1.54, 1.807) is 0 Å². The Morgan fingerprint density at radius 3 is 0.549 bits per heavy atom. The van der Waals surface area contributed by atoms with E-state index in [2.05, 4.69) is 422 Å². The number of hydrogen-bond donors (Lipinski definition) is 0. The number of aromatic nitrogens is 15. The highest BCUT2D eigenvalue weighted by molar-refractivity contribution is 6.32. The van der Waals surface area contributed by atoms with E-state index < -0.39 is 0 Å². The lowest BCUT2D eigenvalue weighted by molar-refractivity contribution is 0.953. The normalized spacial score (nSPS) is 11.6. The van der Waals surface area contributed by atoms with Gasteiger partial charge in [0, 0.05) is 115 Å². The third-order valence-corrected chi connectivity index (χ3v) is 27.5. The monoisotopic (exact) mass is 1840 g/mol. The quantitative estimate of drug-likeness (QED) is 0.104. The van der Waals surface area contributed by atoms with Gasteiger partial charge >= 0.3 is 0 Å². The molecule has 0 radical (unpaired) electrons. The highest BCUT2D eigenvalue weighted by atomic mass is 15.2. The molecule has 0 aliphatic heterocycles. The van der Waals surface area contributed by atoms with E-state index in [0.717, 1.165) is 127 Å². The fourth-order valence-corrected chi connectivity index (χ4v) is 21.2. The van der Waals surface area contributed by atoms with Crippen LogP contribution in [0.2, 0.25) is 0 Å². The van der Waals surface area contributed by atoms with Gasteiger partial charge in [-0.3, -0.25) is 13.7 Å². The number of nitrogens with zero attached hydrogens (tertiary/aromatic N) is 15. The van der Waals surface area contributed by atoms with Gasteiger partial charge in [-0.2, -0.15) is 29.9 Å². The van der Waals surface area contributed by atoms with Crippen LogP contribution in [0, 0.1) is 0 Å². The molecule has 20 aromatic carbocycles. The molecule has 144 heavy (non-hydrogen) atoms. The molecule has 0 aliphatic carbocycles. The minimum absolute atomic E-state index is 0.580. The van der Waals surface area contributed by atoms with Crippen molar-refractivity contribution in [1.82, 2.24) is 72.3 Å². The van der Waals surface area contributed by atoms with E-state index >= 15 is 0 Å². The van der Waals surface area contributed by atoms with Crippen molar-refractivity contribution in [3.05, 3.63) is 504 Å². The molecule has 0 N–H and O–H groups in total. The second-order valence-corrected chi connectivity index (χ2v) is 35.9. The topological polar surface area (TPSA) is 146 Å². The van der Waals surface area contributed by atoms with Gasteiger partial charge in [-0.25, -0.2) is 15.0 Å². The first-order chi connectivity index (χ1) is 71.5. The van der Waals surface area contributed by atoms with Gasteiger partial charge in [-0.15, -0.1) is 0 Å². The Bertz CT molecular complexity index is 9930. The number of hydrogen-bond acceptors (Lipinski definition) is 9. The van der Waals surface area contributed by atoms with Crippen molar-refractivity contribution in [1.29, 1.82) is 0 Å². The lowest BCUT2D eigenvalue weighted by Crippen LogP contribution is -2.06. The van der Waals surface area contributed by atoms with Crippen molar-refractivity contribution in [3.63, 3.8) is 0 Å². The number of rotatable bonds is 14. The standard InChI is InChI=1S/2C45H29N5.C39H25N5/c1-4-15-30(16-5-1)32-19-14-20-33(29-32)44-46-43(31-17-6-2-7-18-31)47-45(48-44)50-38-26-13-11-24-36(38)42-40(50)28-27-39-41(42)35-23-10-12-25-37(35)49(39)34-21-8-3-9-22-34;1-4-14-30(15-5-1)31-24-26-33(27-25-31)44-46-43(32-16-6-2-7-17-32)47-45(48-44)50-38-23-13-11-21-36(38)42-40(50)29-28-39-41(42)35-20-10-12-22-37(35)49(39)34-18-8-3-9-19-34;1-4-14-26(15-5-1)37-40-38(27-16-6-2-7-17-27)42-39(41-37)44-32-23-13-11-21-30(32)36-34(44)25-24-33-35(36)29-20-10-12-22-31(29)43(33)28-18-8-3-9-19-28/h2*1-29H;1-25H. The Labute approximate surface area is 826 Å². The van der Waals surface area contributed by atoms with E-state index in [4.69, 9.17) is 44.9 Å². The summed E-state index contributed by atoms with van der Waals surface area (Å²) in [6.07, 6.45) is 0. The molecular formula is C129H83N15. The Kier molecular flexibility index (Phi) is 20.5. The van der Waals surface area contributed by atoms with Gasteiger partial charge < -0.3 is 13.7 Å². The first-order valence-corrected chi connectivity index (χ1v) is 48.3. The maximum absolute atomic E-state index is 5.24. The SMILES string of the molecule is c1ccc(-c2ccc(-c3nc(-c4ccccc4)nc(-n4c5ccccc5c5c6c7ccccc7n(-c7ccccc7)c6ccc54)n3)cc2)cc1.c1ccc(-c2cccc(-c3nc(-c4ccccc4)nc(-n4c5ccccc5c5c6c7ccccc7n(-c7ccccc7)c6ccc54)n3)c2)cc1.c1ccc(-c2nc(-c3ccccc3)nc(-n3c4ccccc4c4c5c6ccccc6n(-c6ccccc6)c5ccc43)n2)cc1. The Morgan fingerprint density at radius 2 is 0.285 bits per heavy atom. The van der Waals surface area contributed by atoms with Gasteiger partial charge in [0.1, 0.15) is 0 Å². The fourth-order valence-electron chi connectivity index (χ4n) is 21.2. The summed E-state index contributed by atoms with van der Waals surface area (Å²) in [6.45, 7) is 0. The van der Waals surface area contributed by atoms with Gasteiger partial charge in [0.25, 0.3) is 0 Å². The zero-order valence-electron chi connectivity index (χ0n) is 77.6. The molecule has 9 aromatic heterocycles. The summed E-state index contributed by atoms with van der Waals surface area (Å²) in [5.74, 6) is 5.54. The number of benzene rings is 20. The molecule has 15 nitrogen and oxygen atoms in total. The number of fused-ring (bicyclic) bond motifs is 21. The maximum atomic E-state index is 5.24. The van der Waals surface area contributed by atoms with Gasteiger partial charge in [-0.1, -0.05) is 388 Å². The molecule has 0 bridgehead atoms. The maximum Gasteiger partial charge on any atom is 0.238 e. The third-order valence-electron chi connectivity index (χ3n) is 27.5. The van der Waals surface area contributed by atoms with Crippen molar-refractivity contribution in [2.75, 3.05) is 0 Å². The number of para-hydroxylation sites is 9. The van der Waals surface area contributed by atoms with Crippen LogP contribution in [0.4, 0.5) is 0 Å². The van der Waals surface area contributed by atoms with Crippen LogP contribution in [0.5, 0.6) is 0 Å². The molecule has 0 amide bonds. The van der Waals surface area contributed by atoms with Crippen molar-refractivity contribution < 1.29 is 0 Å². The summed E-state index contributed by atoms with van der Waals surface area (Å²) < 4.78 is 13.7. The predicted molar refractivity (Wildman–Crippen MR) is 589 cm³/mol. The lowest BCUT2D eigenvalue weighted by Gasteiger charge is -2.12. The summed E-state index contributed by atoms with van der Waals surface area (Å²) in [4.78, 5) is 46.0. The van der Waals surface area contributed by atoms with E-state index in [9.17, 15) is 0 Å². The van der Waals surface area contributed by atoms with Gasteiger partial charge in [0.15, 0.2) is 34.9 Å². The third kappa shape index (κ3) is 14.4. The van der Waals surface area contributed by atoms with Crippen LogP contribution in [0.15, 0.2) is 504 Å². The first-order valence-electron chi connectivity index (χ1n) is 48.3. The van der Waals surface area contributed by atoms with Crippen molar-refractivity contribution in [2.45, 2.75) is 0 Å². The van der Waals surface area contributed by atoms with E-state index in [-0.39, 0.29) is 0 Å². The molecule has 674 valence electrons. The molecule has 0 saturated heterocycles. The summed E-state index contributed by atoms with van der Waals surface area (Å²) >= 11 is 0. The second-order valence-electron chi connectivity index (χ2n) is 35.9. The molecule has 0 spiro atoms. The van der Waals surface area contributed by atoms with Crippen molar-refractivity contribution in [3.8, 4) is 125 Å². The molecule has 29 rings (SSSR count). The van der Waals surface area contributed by atoms with E-state index in [1.165, 1.54) is 76.1 Å². The minimum atomic E-state index is 0.580. The lowest BCUT2D eigenvalue weighted by atomic mass is 10.0. The molecule has 29 aromatic rings. The molecule has 15 heteroatoms. The molecule has 0 aliphatic rings. The fraction of sp³-hybridized carbons (Fsp3) is 0. The smallest absolute Gasteiger partial charge is 0.238 e. The Balaban J connectivity index is 0.000000108. The zero-order valence-corrected chi connectivity index (χ0v) is 77.6. The summed E-state index contributed by atoms with van der Waals surface area (Å²) in [5, 5.41) is 14.3. The summed E-state index contributed by atoms with van der Waals surface area (Å²) in [5.41, 5.74) is 26.9. The van der Waals surface area contributed by atoms with E-state index in [1.807, 2.05) is 109 Å². The van der Waals surface area contributed by atoms with Crippen molar-refractivity contribution in [2.24, 2.45) is 0 Å². The molecule has 0 saturated carbocycles. The van der Waals surface area contributed by atoms with Crippen LogP contribution >= 0.6 is 0 Å². The molecule has 0 fully saturated rings. The van der Waals surface area contributed by atoms with Crippen LogP contribution in [0.3, 0.4) is 0 Å². The molecular weight excluding hydrogens is 1760 g/mol. The van der Waals surface area contributed by atoms with E-state index in [0.29, 0.717) is 52.8 Å². The van der Waals surface area contributed by atoms with Crippen LogP contribution in [-0.2, 0) is 0 Å². The summed E-state index contributed by atoms with van der Waals surface area (Å²) in [7, 11) is 0. The van der Waals surface area contributed by atoms with Gasteiger partial charge in [0.05, 0.1) is 66.2 Å². The molecule has 0 atom stereocenters. The van der Waals surface area contributed by atoms with Crippen LogP contribution in [0.25, 0.3) is 256 Å². The zero-order chi connectivity index (χ0) is 95.1. The molecule has 9 heterocycles. The summed E-state index contributed by atoms with van der Waals surface area (Å²) in [6, 6.07) is 175. The Hall–Kier alpha value is -19.8.